The van der Waals surface area contributed by atoms with Crippen LogP contribution in [-0.2, 0) is 0 Å². The zero-order chi connectivity index (χ0) is 14.3. The molecule has 0 fully saturated rings. The first-order chi connectivity index (χ1) is 9.58. The summed E-state index contributed by atoms with van der Waals surface area (Å²) < 4.78 is 5.88. The van der Waals surface area contributed by atoms with Gasteiger partial charge in [0.2, 0.25) is 0 Å². The Morgan fingerprint density at radius 1 is 1.05 bits per heavy atom. The number of aromatic hydroxyl groups is 1. The van der Waals surface area contributed by atoms with E-state index >= 15 is 0 Å². The lowest BCUT2D eigenvalue weighted by Gasteiger charge is -2.08. The molecule has 0 aliphatic rings. The summed E-state index contributed by atoms with van der Waals surface area (Å²) in [5.74, 6) is 0.685. The minimum Gasteiger partial charge on any atom is -0.508 e. The van der Waals surface area contributed by atoms with Crippen LogP contribution in [0.15, 0.2) is 51.7 Å². The number of benzene rings is 2. The van der Waals surface area contributed by atoms with E-state index in [1.54, 1.807) is 19.9 Å². The van der Waals surface area contributed by atoms with Gasteiger partial charge in [-0.15, -0.1) is 0 Å². The molecule has 3 aromatic rings. The fourth-order valence-electron chi connectivity index (χ4n) is 2.29. The number of fused-ring (bicyclic) bond motifs is 1. The Morgan fingerprint density at radius 2 is 1.75 bits per heavy atom. The fourth-order valence-corrected chi connectivity index (χ4v) is 2.29. The number of rotatable bonds is 1. The second-order valence-electron chi connectivity index (χ2n) is 4.89. The smallest absolute Gasteiger partial charge is 0.196 e. The number of aryl methyl sites for hydroxylation is 1. The first-order valence-electron chi connectivity index (χ1n) is 6.40. The molecule has 0 amide bonds. The van der Waals surface area contributed by atoms with Crippen molar-refractivity contribution in [3.05, 3.63) is 63.8 Å². The summed E-state index contributed by atoms with van der Waals surface area (Å²) in [4.78, 5) is 12.4. The summed E-state index contributed by atoms with van der Waals surface area (Å²) in [5, 5.41) is 10.1. The van der Waals surface area contributed by atoms with Gasteiger partial charge in [-0.3, -0.25) is 4.79 Å². The van der Waals surface area contributed by atoms with E-state index in [4.69, 9.17) is 4.42 Å². The Morgan fingerprint density at radius 3 is 2.45 bits per heavy atom. The van der Waals surface area contributed by atoms with Gasteiger partial charge in [-0.2, -0.15) is 0 Å². The Bertz CT molecular complexity index is 845. The highest BCUT2D eigenvalue weighted by Crippen LogP contribution is 2.28. The lowest BCUT2D eigenvalue weighted by Crippen LogP contribution is -2.07. The molecule has 0 radical (unpaired) electrons. The predicted octanol–water partition coefficient (Wildman–Crippen LogP) is 3.78. The van der Waals surface area contributed by atoms with Crippen molar-refractivity contribution < 1.29 is 9.52 Å². The molecule has 0 aliphatic heterocycles. The van der Waals surface area contributed by atoms with Gasteiger partial charge in [0.25, 0.3) is 0 Å². The molecule has 0 bridgehead atoms. The van der Waals surface area contributed by atoms with Crippen LogP contribution in [0.4, 0.5) is 0 Å². The van der Waals surface area contributed by atoms with Gasteiger partial charge in [0.05, 0.1) is 5.39 Å². The van der Waals surface area contributed by atoms with E-state index in [0.29, 0.717) is 27.9 Å². The highest BCUT2D eigenvalue weighted by atomic mass is 16.3. The molecule has 0 unspecified atom stereocenters. The molecule has 1 heterocycles. The van der Waals surface area contributed by atoms with Crippen LogP contribution in [0.3, 0.4) is 0 Å². The average molecular weight is 266 g/mol. The Balaban J connectivity index is 2.39. The molecule has 3 heteroatoms. The zero-order valence-electron chi connectivity index (χ0n) is 11.3. The quantitative estimate of drug-likeness (QED) is 0.729. The van der Waals surface area contributed by atoms with Gasteiger partial charge in [0.15, 0.2) is 5.43 Å². The molecular weight excluding hydrogens is 252 g/mol. The average Bonchev–Trinajstić information content (AvgIpc) is 2.46. The van der Waals surface area contributed by atoms with Crippen LogP contribution < -0.4 is 5.43 Å². The molecule has 0 spiro atoms. The molecule has 2 aromatic carbocycles. The molecule has 20 heavy (non-hydrogen) atoms. The van der Waals surface area contributed by atoms with E-state index in [0.717, 1.165) is 5.56 Å². The summed E-state index contributed by atoms with van der Waals surface area (Å²) in [6.07, 6.45) is 0. The van der Waals surface area contributed by atoms with Gasteiger partial charge in [-0.25, -0.2) is 0 Å². The van der Waals surface area contributed by atoms with Crippen molar-refractivity contribution in [2.24, 2.45) is 0 Å². The van der Waals surface area contributed by atoms with Crippen molar-refractivity contribution >= 4 is 11.0 Å². The predicted molar refractivity (Wildman–Crippen MR) is 79.1 cm³/mol. The number of hydrogen-bond donors (Lipinski definition) is 1. The van der Waals surface area contributed by atoms with Crippen LogP contribution >= 0.6 is 0 Å². The molecule has 3 nitrogen and oxygen atoms in total. The van der Waals surface area contributed by atoms with E-state index in [9.17, 15) is 9.90 Å². The lowest BCUT2D eigenvalue weighted by molar-refractivity contribution is 0.471. The van der Waals surface area contributed by atoms with Crippen LogP contribution in [0, 0.1) is 13.8 Å². The second-order valence-corrected chi connectivity index (χ2v) is 4.89. The third kappa shape index (κ3) is 1.88. The Kier molecular flexibility index (Phi) is 2.83. The van der Waals surface area contributed by atoms with Crippen molar-refractivity contribution in [1.29, 1.82) is 0 Å². The van der Waals surface area contributed by atoms with Crippen LogP contribution in [0.2, 0.25) is 0 Å². The first-order valence-corrected chi connectivity index (χ1v) is 6.40. The maximum absolute atomic E-state index is 12.4. The number of phenols is 1. The van der Waals surface area contributed by atoms with Gasteiger partial charge in [0, 0.05) is 11.1 Å². The van der Waals surface area contributed by atoms with Crippen molar-refractivity contribution in [2.45, 2.75) is 13.8 Å². The molecule has 100 valence electrons. The monoisotopic (exact) mass is 266 g/mol. The third-order valence-electron chi connectivity index (χ3n) is 3.47. The second kappa shape index (κ2) is 4.53. The van der Waals surface area contributed by atoms with Gasteiger partial charge in [-0.1, -0.05) is 30.3 Å². The first kappa shape index (κ1) is 12.5. The lowest BCUT2D eigenvalue weighted by atomic mass is 10.0. The molecule has 0 atom stereocenters. The van der Waals surface area contributed by atoms with E-state index in [1.807, 2.05) is 30.3 Å². The van der Waals surface area contributed by atoms with Gasteiger partial charge >= 0.3 is 0 Å². The molecule has 1 aromatic heterocycles. The summed E-state index contributed by atoms with van der Waals surface area (Å²) in [5.41, 5.74) is 2.49. The fraction of sp³-hybridized carbons (Fsp3) is 0.118. The van der Waals surface area contributed by atoms with Crippen LogP contribution in [0.25, 0.3) is 22.3 Å². The van der Waals surface area contributed by atoms with Gasteiger partial charge < -0.3 is 9.52 Å². The number of phenolic OH excluding ortho intramolecular Hbond substituents is 1. The maximum Gasteiger partial charge on any atom is 0.196 e. The molecule has 0 aliphatic carbocycles. The van der Waals surface area contributed by atoms with Crippen molar-refractivity contribution in [3.8, 4) is 17.1 Å². The molecule has 0 saturated heterocycles. The standard InChI is InChI=1S/C17H14O3/c1-10-8-15-13(9-14(10)18)16(19)11(2)17(20-15)12-6-4-3-5-7-12/h3-9,18H,1-2H3. The highest BCUT2D eigenvalue weighted by molar-refractivity contribution is 5.82. The van der Waals surface area contributed by atoms with Crippen molar-refractivity contribution in [3.63, 3.8) is 0 Å². The molecular formula is C17H14O3. The minimum absolute atomic E-state index is 0.108. The molecule has 0 saturated carbocycles. The molecule has 1 N–H and O–H groups in total. The van der Waals surface area contributed by atoms with Crippen molar-refractivity contribution in [1.82, 2.24) is 0 Å². The normalized spacial score (nSPS) is 10.9. The van der Waals surface area contributed by atoms with Crippen molar-refractivity contribution in [2.75, 3.05) is 0 Å². The van der Waals surface area contributed by atoms with E-state index in [-0.39, 0.29) is 11.2 Å². The van der Waals surface area contributed by atoms with Crippen LogP contribution in [0.5, 0.6) is 5.75 Å². The Hall–Kier alpha value is -2.55. The maximum atomic E-state index is 12.4. The minimum atomic E-state index is -0.111. The summed E-state index contributed by atoms with van der Waals surface area (Å²) in [7, 11) is 0. The van der Waals surface area contributed by atoms with E-state index in [2.05, 4.69) is 0 Å². The number of hydrogen-bond acceptors (Lipinski definition) is 3. The molecule has 3 rings (SSSR count). The van der Waals surface area contributed by atoms with Gasteiger partial charge in [0.1, 0.15) is 17.1 Å². The highest BCUT2D eigenvalue weighted by Gasteiger charge is 2.13. The third-order valence-corrected chi connectivity index (χ3v) is 3.47. The summed E-state index contributed by atoms with van der Waals surface area (Å²) >= 11 is 0. The van der Waals surface area contributed by atoms with Gasteiger partial charge in [-0.05, 0) is 31.5 Å². The zero-order valence-corrected chi connectivity index (χ0v) is 11.3. The van der Waals surface area contributed by atoms with E-state index in [1.165, 1.54) is 6.07 Å². The topological polar surface area (TPSA) is 50.4 Å². The largest absolute Gasteiger partial charge is 0.508 e. The van der Waals surface area contributed by atoms with Crippen LogP contribution in [-0.4, -0.2) is 5.11 Å². The SMILES string of the molecule is Cc1cc2oc(-c3ccccc3)c(C)c(=O)c2cc1O. The van der Waals surface area contributed by atoms with Crippen LogP contribution in [0.1, 0.15) is 11.1 Å². The Labute approximate surface area is 116 Å². The van der Waals surface area contributed by atoms with E-state index < -0.39 is 0 Å². The summed E-state index contributed by atoms with van der Waals surface area (Å²) in [6.45, 7) is 3.52. The summed E-state index contributed by atoms with van der Waals surface area (Å²) in [6, 6.07) is 12.7.